The number of nitrogens with one attached hydrogen (secondary N) is 1. The van der Waals surface area contributed by atoms with Crippen molar-refractivity contribution in [1.29, 1.82) is 0 Å². The zero-order valence-electron chi connectivity index (χ0n) is 10.3. The molecule has 0 bridgehead atoms. The predicted octanol–water partition coefficient (Wildman–Crippen LogP) is 1.74. The smallest absolute Gasteiger partial charge is 0.0953 e. The van der Waals surface area contributed by atoms with Gasteiger partial charge in [-0.05, 0) is 25.1 Å². The molecular weight excluding hydrogens is 212 g/mol. The molecule has 0 fully saturated rings. The van der Waals surface area contributed by atoms with Crippen LogP contribution in [0.25, 0.3) is 0 Å². The number of imidazole rings is 1. The summed E-state index contributed by atoms with van der Waals surface area (Å²) in [6.45, 7) is 6.71. The first-order valence-corrected chi connectivity index (χ1v) is 5.91. The minimum atomic E-state index is 0.826. The monoisotopic (exact) mass is 230 g/mol. The number of rotatable bonds is 5. The van der Waals surface area contributed by atoms with Gasteiger partial charge < -0.3 is 9.88 Å². The molecule has 0 aliphatic rings. The number of pyridine rings is 1. The first-order valence-electron chi connectivity index (χ1n) is 5.91. The average Bonchev–Trinajstić information content (AvgIpc) is 2.77. The summed E-state index contributed by atoms with van der Waals surface area (Å²) >= 11 is 0. The molecule has 0 saturated heterocycles. The van der Waals surface area contributed by atoms with Crippen LogP contribution in [-0.2, 0) is 13.1 Å². The maximum absolute atomic E-state index is 4.35. The van der Waals surface area contributed by atoms with Crippen LogP contribution in [0.2, 0.25) is 0 Å². The normalized spacial score (nSPS) is 10.7. The van der Waals surface area contributed by atoms with E-state index in [-0.39, 0.29) is 0 Å². The first-order chi connectivity index (χ1) is 8.28. The Morgan fingerprint density at radius 3 is 2.88 bits per heavy atom. The third-order valence-electron chi connectivity index (χ3n) is 2.58. The number of aromatic nitrogens is 3. The lowest BCUT2D eigenvalue weighted by atomic mass is 10.2. The van der Waals surface area contributed by atoms with E-state index in [2.05, 4.69) is 39.0 Å². The summed E-state index contributed by atoms with van der Waals surface area (Å²) < 4.78 is 2.08. The lowest BCUT2D eigenvalue weighted by Crippen LogP contribution is -2.11. The Morgan fingerprint density at radius 2 is 2.18 bits per heavy atom. The van der Waals surface area contributed by atoms with E-state index in [1.807, 2.05) is 25.5 Å². The second kappa shape index (κ2) is 5.59. The van der Waals surface area contributed by atoms with Crippen molar-refractivity contribution in [1.82, 2.24) is 19.9 Å². The maximum Gasteiger partial charge on any atom is 0.0953 e. The fraction of sp³-hybridized carbons (Fsp3) is 0.385. The minimum Gasteiger partial charge on any atom is -0.333 e. The van der Waals surface area contributed by atoms with Crippen molar-refractivity contribution in [2.24, 2.45) is 0 Å². The second-order valence-corrected chi connectivity index (χ2v) is 4.13. The Morgan fingerprint density at radius 1 is 1.29 bits per heavy atom. The molecule has 2 rings (SSSR count). The van der Waals surface area contributed by atoms with E-state index >= 15 is 0 Å². The van der Waals surface area contributed by atoms with Gasteiger partial charge in [-0.15, -0.1) is 0 Å². The van der Waals surface area contributed by atoms with Gasteiger partial charge in [-0.3, -0.25) is 4.98 Å². The van der Waals surface area contributed by atoms with Gasteiger partial charge in [0.2, 0.25) is 0 Å². The van der Waals surface area contributed by atoms with E-state index in [9.17, 15) is 0 Å². The molecule has 0 amide bonds. The van der Waals surface area contributed by atoms with Crippen LogP contribution >= 0.6 is 0 Å². The molecule has 2 heterocycles. The largest absolute Gasteiger partial charge is 0.333 e. The number of aryl methyl sites for hydroxylation is 1. The van der Waals surface area contributed by atoms with Crippen molar-refractivity contribution in [3.8, 4) is 0 Å². The molecule has 2 aromatic rings. The molecular formula is C13H18N4. The zero-order valence-corrected chi connectivity index (χ0v) is 10.3. The Kier molecular flexibility index (Phi) is 3.88. The van der Waals surface area contributed by atoms with Gasteiger partial charge in [-0.1, -0.05) is 13.0 Å². The Balaban J connectivity index is 1.98. The van der Waals surface area contributed by atoms with E-state index in [1.54, 1.807) is 0 Å². The summed E-state index contributed by atoms with van der Waals surface area (Å²) in [7, 11) is 0. The quantitative estimate of drug-likeness (QED) is 0.851. The molecule has 0 aromatic carbocycles. The SMILES string of the molecule is CCNCc1cn(Cc2ccc(C)nc2)cn1. The van der Waals surface area contributed by atoms with Crippen LogP contribution in [0.3, 0.4) is 0 Å². The average molecular weight is 230 g/mol. The molecule has 2 aromatic heterocycles. The van der Waals surface area contributed by atoms with E-state index in [0.29, 0.717) is 0 Å². The molecule has 0 atom stereocenters. The maximum atomic E-state index is 4.35. The van der Waals surface area contributed by atoms with Gasteiger partial charge in [0.25, 0.3) is 0 Å². The van der Waals surface area contributed by atoms with Gasteiger partial charge in [0, 0.05) is 24.6 Å². The van der Waals surface area contributed by atoms with Crippen molar-refractivity contribution in [2.45, 2.75) is 26.9 Å². The molecule has 0 unspecified atom stereocenters. The Bertz CT molecular complexity index is 459. The zero-order chi connectivity index (χ0) is 12.1. The molecule has 1 N–H and O–H groups in total. The third kappa shape index (κ3) is 3.39. The highest BCUT2D eigenvalue weighted by molar-refractivity contribution is 5.14. The molecule has 0 spiro atoms. The van der Waals surface area contributed by atoms with Crippen molar-refractivity contribution in [2.75, 3.05) is 6.54 Å². The van der Waals surface area contributed by atoms with Gasteiger partial charge in [0.05, 0.1) is 18.6 Å². The van der Waals surface area contributed by atoms with Gasteiger partial charge in [-0.2, -0.15) is 0 Å². The lowest BCUT2D eigenvalue weighted by Gasteiger charge is -2.02. The van der Waals surface area contributed by atoms with Crippen LogP contribution in [0.4, 0.5) is 0 Å². The fourth-order valence-electron chi connectivity index (χ4n) is 1.64. The Labute approximate surface area is 102 Å². The van der Waals surface area contributed by atoms with Crippen LogP contribution in [0.1, 0.15) is 23.9 Å². The molecule has 0 radical (unpaired) electrons. The summed E-state index contributed by atoms with van der Waals surface area (Å²) in [5, 5.41) is 3.26. The van der Waals surface area contributed by atoms with Gasteiger partial charge in [-0.25, -0.2) is 4.98 Å². The third-order valence-corrected chi connectivity index (χ3v) is 2.58. The molecule has 90 valence electrons. The standard InChI is InChI=1S/C13H18N4/c1-3-14-7-13-9-17(10-16-13)8-12-5-4-11(2)15-6-12/h4-6,9-10,14H,3,7-8H2,1-2H3. The van der Waals surface area contributed by atoms with Gasteiger partial charge in [0.15, 0.2) is 0 Å². The first kappa shape index (κ1) is 11.8. The van der Waals surface area contributed by atoms with Gasteiger partial charge >= 0.3 is 0 Å². The molecule has 17 heavy (non-hydrogen) atoms. The molecule has 0 aliphatic heterocycles. The van der Waals surface area contributed by atoms with Gasteiger partial charge in [0.1, 0.15) is 0 Å². The van der Waals surface area contributed by atoms with E-state index in [4.69, 9.17) is 0 Å². The Hall–Kier alpha value is -1.68. The molecule has 4 heteroatoms. The number of hydrogen-bond acceptors (Lipinski definition) is 3. The fourth-order valence-corrected chi connectivity index (χ4v) is 1.64. The van der Waals surface area contributed by atoms with E-state index in [1.165, 1.54) is 5.56 Å². The summed E-state index contributed by atoms with van der Waals surface area (Å²) in [5.41, 5.74) is 3.32. The van der Waals surface area contributed by atoms with Crippen LogP contribution in [-0.4, -0.2) is 21.1 Å². The van der Waals surface area contributed by atoms with Crippen molar-refractivity contribution < 1.29 is 0 Å². The van der Waals surface area contributed by atoms with E-state index in [0.717, 1.165) is 31.0 Å². The van der Waals surface area contributed by atoms with E-state index < -0.39 is 0 Å². The summed E-state index contributed by atoms with van der Waals surface area (Å²) in [4.78, 5) is 8.63. The molecule has 4 nitrogen and oxygen atoms in total. The summed E-state index contributed by atoms with van der Waals surface area (Å²) in [6, 6.07) is 4.14. The van der Waals surface area contributed by atoms with Crippen molar-refractivity contribution in [3.05, 3.63) is 47.8 Å². The lowest BCUT2D eigenvalue weighted by molar-refractivity contribution is 0.712. The highest BCUT2D eigenvalue weighted by Gasteiger charge is 1.99. The minimum absolute atomic E-state index is 0.826. The summed E-state index contributed by atoms with van der Waals surface area (Å²) in [5.74, 6) is 0. The van der Waals surface area contributed by atoms with Crippen LogP contribution in [0.5, 0.6) is 0 Å². The number of hydrogen-bond donors (Lipinski definition) is 1. The topological polar surface area (TPSA) is 42.7 Å². The highest BCUT2D eigenvalue weighted by Crippen LogP contribution is 2.04. The van der Waals surface area contributed by atoms with Crippen LogP contribution in [0.15, 0.2) is 30.9 Å². The molecule has 0 aliphatic carbocycles. The summed E-state index contributed by atoms with van der Waals surface area (Å²) in [6.07, 6.45) is 5.86. The molecule has 0 saturated carbocycles. The van der Waals surface area contributed by atoms with Crippen LogP contribution < -0.4 is 5.32 Å². The highest BCUT2D eigenvalue weighted by atomic mass is 15.0. The second-order valence-electron chi connectivity index (χ2n) is 4.13. The van der Waals surface area contributed by atoms with Crippen LogP contribution in [0, 0.1) is 6.92 Å². The predicted molar refractivity (Wildman–Crippen MR) is 67.7 cm³/mol. The van der Waals surface area contributed by atoms with Crippen molar-refractivity contribution in [3.63, 3.8) is 0 Å². The van der Waals surface area contributed by atoms with Crippen molar-refractivity contribution >= 4 is 0 Å². The number of nitrogens with zero attached hydrogens (tertiary/aromatic N) is 3.